The van der Waals surface area contributed by atoms with Crippen molar-refractivity contribution in [3.63, 3.8) is 0 Å². The zero-order valence-electron chi connectivity index (χ0n) is 14.4. The van der Waals surface area contributed by atoms with Crippen LogP contribution in [-0.4, -0.2) is 43.4 Å². The lowest BCUT2D eigenvalue weighted by Gasteiger charge is -2.25. The molecular formula is C20H17Cl2NO3S. The SMILES string of the molecule is O=Cc1cc(/C=C/C(=O)N2CCOCC2)ccc1Sc1ccc(Cl)cc1Cl. The van der Waals surface area contributed by atoms with Gasteiger partial charge in [-0.2, -0.15) is 0 Å². The van der Waals surface area contributed by atoms with E-state index in [9.17, 15) is 9.59 Å². The lowest BCUT2D eigenvalue weighted by atomic mass is 10.1. The number of morpholine rings is 1. The quantitative estimate of drug-likeness (QED) is 0.512. The first-order valence-electron chi connectivity index (χ1n) is 8.33. The summed E-state index contributed by atoms with van der Waals surface area (Å²) in [6.07, 6.45) is 4.04. The van der Waals surface area contributed by atoms with Crippen LogP contribution in [-0.2, 0) is 9.53 Å². The summed E-state index contributed by atoms with van der Waals surface area (Å²) in [5, 5.41) is 1.09. The maximum absolute atomic E-state index is 12.2. The number of nitrogens with zero attached hydrogens (tertiary/aromatic N) is 1. The van der Waals surface area contributed by atoms with E-state index in [1.165, 1.54) is 17.8 Å². The summed E-state index contributed by atoms with van der Waals surface area (Å²) in [5.41, 5.74) is 1.32. The van der Waals surface area contributed by atoms with E-state index in [1.54, 1.807) is 29.2 Å². The first-order valence-corrected chi connectivity index (χ1v) is 9.91. The minimum absolute atomic E-state index is 0.0580. The van der Waals surface area contributed by atoms with E-state index < -0.39 is 0 Å². The molecule has 0 N–H and O–H groups in total. The van der Waals surface area contributed by atoms with Gasteiger partial charge in [0.25, 0.3) is 0 Å². The van der Waals surface area contributed by atoms with Gasteiger partial charge in [0, 0.05) is 39.5 Å². The fraction of sp³-hybridized carbons (Fsp3) is 0.200. The number of rotatable bonds is 5. The Bertz CT molecular complexity index is 880. The molecule has 3 rings (SSSR count). The van der Waals surface area contributed by atoms with Crippen LogP contribution < -0.4 is 0 Å². The van der Waals surface area contributed by atoms with Gasteiger partial charge < -0.3 is 9.64 Å². The number of aldehydes is 1. The monoisotopic (exact) mass is 421 g/mol. The second-order valence-electron chi connectivity index (χ2n) is 5.86. The number of ether oxygens (including phenoxy) is 1. The Morgan fingerprint density at radius 2 is 1.81 bits per heavy atom. The number of halogens is 2. The molecule has 0 radical (unpaired) electrons. The molecule has 4 nitrogen and oxygen atoms in total. The standard InChI is InChI=1S/C20H17Cl2NO3S/c21-16-3-5-19(17(22)12-16)27-18-4-1-14(11-15(18)13-24)2-6-20(25)23-7-9-26-10-8-23/h1-6,11-13H,7-10H2/b6-2+. The van der Waals surface area contributed by atoms with Crippen LogP contribution in [0.4, 0.5) is 0 Å². The highest BCUT2D eigenvalue weighted by molar-refractivity contribution is 7.99. The zero-order valence-corrected chi connectivity index (χ0v) is 16.7. The van der Waals surface area contributed by atoms with Crippen LogP contribution >= 0.6 is 35.0 Å². The number of amides is 1. The van der Waals surface area contributed by atoms with Crippen molar-refractivity contribution in [2.24, 2.45) is 0 Å². The average Bonchev–Trinajstić information content (AvgIpc) is 2.69. The molecule has 1 heterocycles. The van der Waals surface area contributed by atoms with Crippen LogP contribution in [0.2, 0.25) is 10.0 Å². The van der Waals surface area contributed by atoms with E-state index in [0.29, 0.717) is 41.9 Å². The molecule has 2 aromatic rings. The molecule has 1 aliphatic rings. The summed E-state index contributed by atoms with van der Waals surface area (Å²) in [4.78, 5) is 27.0. The van der Waals surface area contributed by atoms with Crippen LogP contribution in [0.5, 0.6) is 0 Å². The smallest absolute Gasteiger partial charge is 0.246 e. The van der Waals surface area contributed by atoms with Gasteiger partial charge in [0.1, 0.15) is 0 Å². The first-order chi connectivity index (χ1) is 13.1. The summed E-state index contributed by atoms with van der Waals surface area (Å²) in [6.45, 7) is 2.32. The fourth-order valence-corrected chi connectivity index (χ4v) is 4.00. The van der Waals surface area contributed by atoms with E-state index in [0.717, 1.165) is 21.6 Å². The third-order valence-corrected chi connectivity index (χ3v) is 5.84. The second-order valence-corrected chi connectivity index (χ2v) is 7.79. The van der Waals surface area contributed by atoms with Crippen molar-refractivity contribution < 1.29 is 14.3 Å². The van der Waals surface area contributed by atoms with Gasteiger partial charge in [-0.1, -0.05) is 41.0 Å². The Hall–Kier alpha value is -1.79. The van der Waals surface area contributed by atoms with Gasteiger partial charge in [0.05, 0.1) is 18.2 Å². The molecule has 1 aliphatic heterocycles. The minimum Gasteiger partial charge on any atom is -0.378 e. The van der Waals surface area contributed by atoms with Crippen LogP contribution in [0.15, 0.2) is 52.3 Å². The highest BCUT2D eigenvalue weighted by Gasteiger charge is 2.14. The largest absolute Gasteiger partial charge is 0.378 e. The van der Waals surface area contributed by atoms with Gasteiger partial charge in [-0.05, 0) is 42.0 Å². The normalized spacial score (nSPS) is 14.5. The molecule has 0 atom stereocenters. The number of hydrogen-bond acceptors (Lipinski definition) is 4. The molecule has 0 unspecified atom stereocenters. The highest BCUT2D eigenvalue weighted by atomic mass is 35.5. The highest BCUT2D eigenvalue weighted by Crippen LogP contribution is 2.36. The minimum atomic E-state index is -0.0580. The predicted molar refractivity (Wildman–Crippen MR) is 109 cm³/mol. The molecule has 0 spiro atoms. The van der Waals surface area contributed by atoms with Gasteiger partial charge in [0.2, 0.25) is 5.91 Å². The van der Waals surface area contributed by atoms with Crippen molar-refractivity contribution >= 4 is 53.2 Å². The molecule has 0 saturated carbocycles. The van der Waals surface area contributed by atoms with Crippen molar-refractivity contribution in [1.82, 2.24) is 4.90 Å². The number of hydrogen-bond donors (Lipinski definition) is 0. The van der Waals surface area contributed by atoms with Crippen molar-refractivity contribution in [2.75, 3.05) is 26.3 Å². The predicted octanol–water partition coefficient (Wildman–Crippen LogP) is 4.83. The third-order valence-electron chi connectivity index (χ3n) is 4.02. The second kappa shape index (κ2) is 9.42. The Morgan fingerprint density at radius 3 is 2.52 bits per heavy atom. The Morgan fingerprint density at radius 1 is 1.07 bits per heavy atom. The molecule has 27 heavy (non-hydrogen) atoms. The summed E-state index contributed by atoms with van der Waals surface area (Å²) in [7, 11) is 0. The van der Waals surface area contributed by atoms with Gasteiger partial charge in [-0.25, -0.2) is 0 Å². The van der Waals surface area contributed by atoms with Crippen molar-refractivity contribution in [1.29, 1.82) is 0 Å². The lowest BCUT2D eigenvalue weighted by molar-refractivity contribution is -0.129. The van der Waals surface area contributed by atoms with Crippen LogP contribution in [0, 0.1) is 0 Å². The number of carbonyl (C=O) groups is 2. The number of benzene rings is 2. The zero-order chi connectivity index (χ0) is 19.2. The van der Waals surface area contributed by atoms with E-state index in [-0.39, 0.29) is 5.91 Å². The Labute approximate surface area is 172 Å². The molecule has 0 bridgehead atoms. The molecule has 0 aromatic heterocycles. The van der Waals surface area contributed by atoms with Crippen molar-refractivity contribution in [3.8, 4) is 0 Å². The van der Waals surface area contributed by atoms with Gasteiger partial charge in [0.15, 0.2) is 6.29 Å². The van der Waals surface area contributed by atoms with Crippen molar-refractivity contribution in [2.45, 2.75) is 9.79 Å². The molecule has 140 valence electrons. The first kappa shape index (κ1) is 20.0. The lowest BCUT2D eigenvalue weighted by Crippen LogP contribution is -2.39. The average molecular weight is 422 g/mol. The van der Waals surface area contributed by atoms with E-state index >= 15 is 0 Å². The van der Waals surface area contributed by atoms with Crippen molar-refractivity contribution in [3.05, 3.63) is 63.6 Å². The third kappa shape index (κ3) is 5.36. The fourth-order valence-electron chi connectivity index (χ4n) is 2.59. The summed E-state index contributed by atoms with van der Waals surface area (Å²) >= 11 is 13.5. The van der Waals surface area contributed by atoms with E-state index in [1.807, 2.05) is 18.2 Å². The molecule has 1 saturated heterocycles. The Balaban J connectivity index is 1.74. The molecule has 7 heteroatoms. The van der Waals surface area contributed by atoms with Gasteiger partial charge in [-0.3, -0.25) is 9.59 Å². The molecular weight excluding hydrogens is 405 g/mol. The van der Waals surface area contributed by atoms with Crippen LogP contribution in [0.25, 0.3) is 6.08 Å². The van der Waals surface area contributed by atoms with Crippen LogP contribution in [0.3, 0.4) is 0 Å². The summed E-state index contributed by atoms with van der Waals surface area (Å²) in [5.74, 6) is -0.0580. The van der Waals surface area contributed by atoms with Gasteiger partial charge >= 0.3 is 0 Å². The summed E-state index contributed by atoms with van der Waals surface area (Å²) < 4.78 is 5.24. The maximum Gasteiger partial charge on any atom is 0.246 e. The molecule has 1 amide bonds. The topological polar surface area (TPSA) is 46.6 Å². The van der Waals surface area contributed by atoms with E-state index in [2.05, 4.69) is 0 Å². The maximum atomic E-state index is 12.2. The summed E-state index contributed by atoms with van der Waals surface area (Å²) in [6, 6.07) is 10.7. The number of carbonyl (C=O) groups excluding carboxylic acids is 2. The van der Waals surface area contributed by atoms with Crippen LogP contribution in [0.1, 0.15) is 15.9 Å². The molecule has 2 aromatic carbocycles. The molecule has 0 aliphatic carbocycles. The Kier molecular flexibility index (Phi) is 6.96. The molecule has 1 fully saturated rings. The van der Waals surface area contributed by atoms with Gasteiger partial charge in [-0.15, -0.1) is 0 Å². The van der Waals surface area contributed by atoms with E-state index in [4.69, 9.17) is 27.9 Å².